The number of hydrogen-bond acceptors (Lipinski definition) is 3. The zero-order valence-corrected chi connectivity index (χ0v) is 11.4. The number of rotatable bonds is 6. The molecular formula is C13H18ClN3O. The highest BCUT2D eigenvalue weighted by atomic mass is 35.5. The van der Waals surface area contributed by atoms with Gasteiger partial charge in [0, 0.05) is 30.5 Å². The summed E-state index contributed by atoms with van der Waals surface area (Å²) in [6, 6.07) is 4.19. The summed E-state index contributed by atoms with van der Waals surface area (Å²) in [5.74, 6) is 0. The highest BCUT2D eigenvalue weighted by molar-refractivity contribution is 6.29. The summed E-state index contributed by atoms with van der Waals surface area (Å²) in [5.41, 5.74) is 2.25. The Labute approximate surface area is 112 Å². The van der Waals surface area contributed by atoms with Gasteiger partial charge in [-0.15, -0.1) is 0 Å². The van der Waals surface area contributed by atoms with E-state index in [2.05, 4.69) is 17.3 Å². The van der Waals surface area contributed by atoms with Crippen LogP contribution in [0.3, 0.4) is 0 Å². The first-order chi connectivity index (χ1) is 8.72. The molecule has 0 bridgehead atoms. The molecule has 1 unspecified atom stereocenters. The molecule has 98 valence electrons. The minimum atomic E-state index is 0.219. The molecule has 0 saturated carbocycles. The molecule has 0 spiro atoms. The molecule has 0 aliphatic rings. The maximum Gasteiger partial charge on any atom is 0.197 e. The minimum absolute atomic E-state index is 0.219. The summed E-state index contributed by atoms with van der Waals surface area (Å²) in [6.45, 7) is 2.99. The van der Waals surface area contributed by atoms with E-state index >= 15 is 0 Å². The number of aryl methyl sites for hydroxylation is 2. The van der Waals surface area contributed by atoms with Crippen molar-refractivity contribution in [3.05, 3.63) is 41.1 Å². The normalized spacial score (nSPS) is 12.8. The van der Waals surface area contributed by atoms with Gasteiger partial charge in [-0.05, 0) is 43.1 Å². The lowest BCUT2D eigenvalue weighted by atomic mass is 10.0. The van der Waals surface area contributed by atoms with Crippen LogP contribution in [-0.4, -0.2) is 16.3 Å². The predicted octanol–water partition coefficient (Wildman–Crippen LogP) is 2.95. The molecule has 2 aromatic heterocycles. The summed E-state index contributed by atoms with van der Waals surface area (Å²) in [4.78, 5) is 0. The van der Waals surface area contributed by atoms with Gasteiger partial charge < -0.3 is 9.73 Å². The second-order valence-corrected chi connectivity index (χ2v) is 4.59. The Morgan fingerprint density at radius 3 is 2.89 bits per heavy atom. The summed E-state index contributed by atoms with van der Waals surface area (Å²) in [5, 5.41) is 8.08. The van der Waals surface area contributed by atoms with Gasteiger partial charge in [-0.25, -0.2) is 0 Å². The van der Waals surface area contributed by atoms with E-state index < -0.39 is 0 Å². The first-order valence-electron chi connectivity index (χ1n) is 6.15. The topological polar surface area (TPSA) is 43.0 Å². The Morgan fingerprint density at radius 2 is 2.33 bits per heavy atom. The van der Waals surface area contributed by atoms with Crippen LogP contribution in [0.25, 0.3) is 0 Å². The number of aromatic nitrogens is 2. The van der Waals surface area contributed by atoms with E-state index in [1.807, 2.05) is 30.1 Å². The molecular weight excluding hydrogens is 250 g/mol. The SMILES string of the molecule is CCNC(CCc1ccnn1C)c1ccoc1Cl. The zero-order chi connectivity index (χ0) is 13.0. The highest BCUT2D eigenvalue weighted by Gasteiger charge is 2.16. The lowest BCUT2D eigenvalue weighted by molar-refractivity contribution is 0.495. The smallest absolute Gasteiger partial charge is 0.197 e. The van der Waals surface area contributed by atoms with Crippen LogP contribution >= 0.6 is 11.6 Å². The van der Waals surface area contributed by atoms with Crippen molar-refractivity contribution in [2.24, 2.45) is 7.05 Å². The van der Waals surface area contributed by atoms with Gasteiger partial charge in [0.2, 0.25) is 0 Å². The highest BCUT2D eigenvalue weighted by Crippen LogP contribution is 2.27. The van der Waals surface area contributed by atoms with Crippen molar-refractivity contribution in [2.75, 3.05) is 6.54 Å². The molecule has 2 heterocycles. The Morgan fingerprint density at radius 1 is 1.50 bits per heavy atom. The van der Waals surface area contributed by atoms with Gasteiger partial charge >= 0.3 is 0 Å². The van der Waals surface area contributed by atoms with Gasteiger partial charge in [0.1, 0.15) is 0 Å². The molecule has 0 aliphatic heterocycles. The van der Waals surface area contributed by atoms with E-state index in [0.717, 1.165) is 24.9 Å². The third-order valence-electron chi connectivity index (χ3n) is 3.08. The van der Waals surface area contributed by atoms with Crippen molar-refractivity contribution < 1.29 is 4.42 Å². The molecule has 0 aromatic carbocycles. The standard InChI is InChI=1S/C13H18ClN3O/c1-3-15-12(11-7-9-18-13(11)14)5-4-10-6-8-16-17(10)2/h6-9,12,15H,3-5H2,1-2H3. The van der Waals surface area contributed by atoms with Crippen LogP contribution in [0.4, 0.5) is 0 Å². The predicted molar refractivity (Wildman–Crippen MR) is 71.7 cm³/mol. The van der Waals surface area contributed by atoms with Crippen LogP contribution in [0, 0.1) is 0 Å². The fraction of sp³-hybridized carbons (Fsp3) is 0.462. The van der Waals surface area contributed by atoms with E-state index in [0.29, 0.717) is 5.22 Å². The maximum absolute atomic E-state index is 6.04. The summed E-state index contributed by atoms with van der Waals surface area (Å²) < 4.78 is 7.06. The lowest BCUT2D eigenvalue weighted by Gasteiger charge is -2.16. The van der Waals surface area contributed by atoms with Crippen molar-refractivity contribution >= 4 is 11.6 Å². The Hall–Kier alpha value is -1.26. The fourth-order valence-corrected chi connectivity index (χ4v) is 2.35. The maximum atomic E-state index is 6.04. The van der Waals surface area contributed by atoms with Gasteiger partial charge in [0.15, 0.2) is 5.22 Å². The first kappa shape index (κ1) is 13.2. The van der Waals surface area contributed by atoms with Gasteiger partial charge in [-0.2, -0.15) is 5.10 Å². The average Bonchev–Trinajstić information content (AvgIpc) is 2.94. The van der Waals surface area contributed by atoms with Crippen molar-refractivity contribution in [3.8, 4) is 0 Å². The molecule has 0 fully saturated rings. The Kier molecular flexibility index (Phi) is 4.44. The average molecular weight is 268 g/mol. The van der Waals surface area contributed by atoms with Gasteiger partial charge in [-0.1, -0.05) is 6.92 Å². The minimum Gasteiger partial charge on any atom is -0.453 e. The number of nitrogens with one attached hydrogen (secondary N) is 1. The third kappa shape index (κ3) is 2.94. The summed E-state index contributed by atoms with van der Waals surface area (Å²) in [6.07, 6.45) is 5.37. The van der Waals surface area contributed by atoms with Gasteiger partial charge in [0.25, 0.3) is 0 Å². The molecule has 0 amide bonds. The quantitative estimate of drug-likeness (QED) is 0.875. The Balaban J connectivity index is 2.03. The van der Waals surface area contributed by atoms with E-state index in [1.54, 1.807) is 6.26 Å². The molecule has 18 heavy (non-hydrogen) atoms. The largest absolute Gasteiger partial charge is 0.453 e. The fourth-order valence-electron chi connectivity index (χ4n) is 2.11. The molecule has 2 aromatic rings. The van der Waals surface area contributed by atoms with Crippen LogP contribution in [0.15, 0.2) is 29.0 Å². The molecule has 2 rings (SSSR count). The van der Waals surface area contributed by atoms with Crippen molar-refractivity contribution in [1.82, 2.24) is 15.1 Å². The van der Waals surface area contributed by atoms with E-state index in [9.17, 15) is 0 Å². The van der Waals surface area contributed by atoms with Crippen LogP contribution in [0.5, 0.6) is 0 Å². The van der Waals surface area contributed by atoms with E-state index in [4.69, 9.17) is 16.0 Å². The second kappa shape index (κ2) is 6.07. The van der Waals surface area contributed by atoms with Crippen LogP contribution in [-0.2, 0) is 13.5 Å². The third-order valence-corrected chi connectivity index (χ3v) is 3.39. The molecule has 0 radical (unpaired) electrons. The number of hydrogen-bond donors (Lipinski definition) is 1. The molecule has 1 N–H and O–H groups in total. The van der Waals surface area contributed by atoms with Crippen LogP contribution in [0.2, 0.25) is 5.22 Å². The van der Waals surface area contributed by atoms with E-state index in [-0.39, 0.29) is 6.04 Å². The van der Waals surface area contributed by atoms with Crippen molar-refractivity contribution in [3.63, 3.8) is 0 Å². The van der Waals surface area contributed by atoms with Gasteiger partial charge in [0.05, 0.1) is 6.26 Å². The number of halogens is 1. The van der Waals surface area contributed by atoms with Crippen LogP contribution < -0.4 is 5.32 Å². The monoisotopic (exact) mass is 267 g/mol. The zero-order valence-electron chi connectivity index (χ0n) is 10.7. The molecule has 0 saturated heterocycles. The lowest BCUT2D eigenvalue weighted by Crippen LogP contribution is -2.21. The van der Waals surface area contributed by atoms with Crippen molar-refractivity contribution in [1.29, 1.82) is 0 Å². The first-order valence-corrected chi connectivity index (χ1v) is 6.53. The number of furan rings is 1. The Bertz CT molecular complexity index is 492. The molecule has 5 heteroatoms. The van der Waals surface area contributed by atoms with Crippen LogP contribution in [0.1, 0.15) is 30.6 Å². The summed E-state index contributed by atoms with van der Waals surface area (Å²) in [7, 11) is 1.96. The molecule has 4 nitrogen and oxygen atoms in total. The van der Waals surface area contributed by atoms with E-state index in [1.165, 1.54) is 5.69 Å². The second-order valence-electron chi connectivity index (χ2n) is 4.24. The van der Waals surface area contributed by atoms with Crippen molar-refractivity contribution in [2.45, 2.75) is 25.8 Å². The number of nitrogens with zero attached hydrogens (tertiary/aromatic N) is 2. The molecule has 0 aliphatic carbocycles. The summed E-state index contributed by atoms with van der Waals surface area (Å²) >= 11 is 6.04. The van der Waals surface area contributed by atoms with Gasteiger partial charge in [-0.3, -0.25) is 4.68 Å². The molecule has 1 atom stereocenters.